The highest BCUT2D eigenvalue weighted by atomic mass is 16.2. The molecule has 1 heterocycles. The summed E-state index contributed by atoms with van der Waals surface area (Å²) >= 11 is 0. The summed E-state index contributed by atoms with van der Waals surface area (Å²) in [6.07, 6.45) is 3.77. The number of benzene rings is 1. The Morgan fingerprint density at radius 2 is 2.09 bits per heavy atom. The maximum absolute atomic E-state index is 12.0. The maximum Gasteiger partial charge on any atom is 0.319 e. The standard InChI is InChI=1S/C16H21N5O2/c1-11-5-3-4-6-13(11)7-12(2)19-16(23)20-14-8-18-21(9-14)10-15(17)22/h3-6,8-9,12H,7,10H2,1-2H3,(H2,17,22)(H2,19,20,23)/t12-/m1/s1. The fourth-order valence-corrected chi connectivity index (χ4v) is 2.29. The molecule has 0 saturated carbocycles. The summed E-state index contributed by atoms with van der Waals surface area (Å²) < 4.78 is 1.37. The van der Waals surface area contributed by atoms with Gasteiger partial charge in [-0.2, -0.15) is 5.10 Å². The van der Waals surface area contributed by atoms with Gasteiger partial charge in [0.05, 0.1) is 11.9 Å². The average molecular weight is 315 g/mol. The van der Waals surface area contributed by atoms with E-state index in [2.05, 4.69) is 34.8 Å². The summed E-state index contributed by atoms with van der Waals surface area (Å²) in [5.41, 5.74) is 8.00. The Bertz CT molecular complexity index is 695. The first kappa shape index (κ1) is 16.5. The molecule has 0 saturated heterocycles. The van der Waals surface area contributed by atoms with Crippen LogP contribution < -0.4 is 16.4 Å². The van der Waals surface area contributed by atoms with E-state index in [0.29, 0.717) is 5.69 Å². The van der Waals surface area contributed by atoms with Gasteiger partial charge in [0.2, 0.25) is 5.91 Å². The number of carbonyl (C=O) groups excluding carboxylic acids is 2. The number of nitrogens with zero attached hydrogens (tertiary/aromatic N) is 2. The first-order chi connectivity index (χ1) is 10.9. The molecule has 0 aliphatic rings. The normalized spacial score (nSPS) is 11.7. The second-order valence-electron chi connectivity index (χ2n) is 5.52. The second-order valence-corrected chi connectivity index (χ2v) is 5.52. The van der Waals surface area contributed by atoms with Gasteiger partial charge in [-0.05, 0) is 31.4 Å². The number of aryl methyl sites for hydroxylation is 1. The number of amides is 3. The molecule has 4 N–H and O–H groups in total. The van der Waals surface area contributed by atoms with Gasteiger partial charge in [-0.25, -0.2) is 4.79 Å². The first-order valence-electron chi connectivity index (χ1n) is 7.37. The molecular weight excluding hydrogens is 294 g/mol. The number of hydrogen-bond acceptors (Lipinski definition) is 3. The monoisotopic (exact) mass is 315 g/mol. The molecule has 0 radical (unpaired) electrons. The van der Waals surface area contributed by atoms with Gasteiger partial charge in [-0.15, -0.1) is 0 Å². The van der Waals surface area contributed by atoms with Crippen LogP contribution in [0.2, 0.25) is 0 Å². The topological polar surface area (TPSA) is 102 Å². The summed E-state index contributed by atoms with van der Waals surface area (Å²) in [4.78, 5) is 22.8. The molecule has 1 atom stereocenters. The van der Waals surface area contributed by atoms with E-state index in [9.17, 15) is 9.59 Å². The van der Waals surface area contributed by atoms with E-state index < -0.39 is 5.91 Å². The largest absolute Gasteiger partial charge is 0.368 e. The minimum Gasteiger partial charge on any atom is -0.368 e. The van der Waals surface area contributed by atoms with E-state index in [0.717, 1.165) is 6.42 Å². The maximum atomic E-state index is 12.0. The minimum atomic E-state index is -0.490. The molecule has 0 unspecified atom stereocenters. The summed E-state index contributed by atoms with van der Waals surface area (Å²) in [7, 11) is 0. The number of carbonyl (C=O) groups is 2. The predicted molar refractivity (Wildman–Crippen MR) is 87.9 cm³/mol. The molecular formula is C16H21N5O2. The Kier molecular flexibility index (Phi) is 5.35. The van der Waals surface area contributed by atoms with E-state index >= 15 is 0 Å². The van der Waals surface area contributed by atoms with Crippen LogP contribution >= 0.6 is 0 Å². The number of aromatic nitrogens is 2. The molecule has 0 aliphatic heterocycles. The Balaban J connectivity index is 1.85. The number of nitrogens with one attached hydrogen (secondary N) is 2. The van der Waals surface area contributed by atoms with Gasteiger partial charge in [0.25, 0.3) is 0 Å². The highest BCUT2D eigenvalue weighted by molar-refractivity contribution is 5.89. The Labute approximate surface area is 134 Å². The van der Waals surface area contributed by atoms with Crippen LogP contribution in [0.3, 0.4) is 0 Å². The second kappa shape index (κ2) is 7.44. The van der Waals surface area contributed by atoms with Gasteiger partial charge >= 0.3 is 6.03 Å². The van der Waals surface area contributed by atoms with Crippen molar-refractivity contribution in [3.8, 4) is 0 Å². The summed E-state index contributed by atoms with van der Waals surface area (Å²) in [6.45, 7) is 3.98. The lowest BCUT2D eigenvalue weighted by Crippen LogP contribution is -2.37. The fraction of sp³-hybridized carbons (Fsp3) is 0.312. The van der Waals surface area contributed by atoms with Crippen molar-refractivity contribution in [2.45, 2.75) is 32.9 Å². The number of rotatable bonds is 6. The van der Waals surface area contributed by atoms with Crippen molar-refractivity contribution in [1.82, 2.24) is 15.1 Å². The highest BCUT2D eigenvalue weighted by Crippen LogP contribution is 2.10. The first-order valence-corrected chi connectivity index (χ1v) is 7.37. The zero-order valence-electron chi connectivity index (χ0n) is 13.2. The molecule has 0 spiro atoms. The molecule has 2 rings (SSSR count). The third kappa shape index (κ3) is 5.14. The number of nitrogens with two attached hydrogens (primary N) is 1. The fourth-order valence-electron chi connectivity index (χ4n) is 2.29. The van der Waals surface area contributed by atoms with Gasteiger partial charge in [-0.1, -0.05) is 24.3 Å². The molecule has 1 aromatic carbocycles. The van der Waals surface area contributed by atoms with Gasteiger partial charge in [0.1, 0.15) is 6.54 Å². The molecule has 0 aliphatic carbocycles. The summed E-state index contributed by atoms with van der Waals surface area (Å²) in [5.74, 6) is -0.490. The number of anilines is 1. The Hall–Kier alpha value is -2.83. The SMILES string of the molecule is Cc1ccccc1C[C@@H](C)NC(=O)Nc1cnn(CC(N)=O)c1. The van der Waals surface area contributed by atoms with Gasteiger partial charge in [0, 0.05) is 12.2 Å². The van der Waals surface area contributed by atoms with E-state index in [4.69, 9.17) is 5.73 Å². The molecule has 1 aromatic heterocycles. The van der Waals surface area contributed by atoms with Gasteiger partial charge < -0.3 is 16.4 Å². The Morgan fingerprint density at radius 1 is 1.35 bits per heavy atom. The molecule has 122 valence electrons. The van der Waals surface area contributed by atoms with Crippen LogP contribution in [0.5, 0.6) is 0 Å². The molecule has 0 bridgehead atoms. The third-order valence-electron chi connectivity index (χ3n) is 3.37. The lowest BCUT2D eigenvalue weighted by Gasteiger charge is -2.15. The highest BCUT2D eigenvalue weighted by Gasteiger charge is 2.10. The van der Waals surface area contributed by atoms with Crippen LogP contribution in [-0.4, -0.2) is 27.8 Å². The van der Waals surface area contributed by atoms with Gasteiger partial charge in [0.15, 0.2) is 0 Å². The minimum absolute atomic E-state index is 0.0169. The van der Waals surface area contributed by atoms with Crippen molar-refractivity contribution >= 4 is 17.6 Å². The zero-order valence-corrected chi connectivity index (χ0v) is 13.2. The van der Waals surface area contributed by atoms with Crippen molar-refractivity contribution < 1.29 is 9.59 Å². The molecule has 0 fully saturated rings. The van der Waals surface area contributed by atoms with Crippen LogP contribution in [0.25, 0.3) is 0 Å². The number of primary amides is 1. The molecule has 2 aromatic rings. The quantitative estimate of drug-likeness (QED) is 0.751. The van der Waals surface area contributed by atoms with Crippen molar-refractivity contribution in [2.75, 3.05) is 5.32 Å². The molecule has 7 nitrogen and oxygen atoms in total. The van der Waals surface area contributed by atoms with Crippen molar-refractivity contribution in [3.63, 3.8) is 0 Å². The molecule has 23 heavy (non-hydrogen) atoms. The molecule has 7 heteroatoms. The van der Waals surface area contributed by atoms with Gasteiger partial charge in [-0.3, -0.25) is 9.48 Å². The lowest BCUT2D eigenvalue weighted by molar-refractivity contribution is -0.118. The zero-order chi connectivity index (χ0) is 16.8. The summed E-state index contributed by atoms with van der Waals surface area (Å²) in [5, 5.41) is 9.50. The van der Waals surface area contributed by atoms with Crippen LogP contribution in [0.1, 0.15) is 18.1 Å². The van der Waals surface area contributed by atoms with Crippen molar-refractivity contribution in [2.24, 2.45) is 5.73 Å². The Morgan fingerprint density at radius 3 is 2.78 bits per heavy atom. The third-order valence-corrected chi connectivity index (χ3v) is 3.37. The van der Waals surface area contributed by atoms with E-state index in [1.807, 2.05) is 19.1 Å². The van der Waals surface area contributed by atoms with E-state index in [1.54, 1.807) is 6.20 Å². The van der Waals surface area contributed by atoms with Crippen LogP contribution in [-0.2, 0) is 17.8 Å². The summed E-state index contributed by atoms with van der Waals surface area (Å²) in [6, 6.07) is 7.76. The van der Waals surface area contributed by atoms with E-state index in [-0.39, 0.29) is 18.6 Å². The van der Waals surface area contributed by atoms with Crippen molar-refractivity contribution in [3.05, 3.63) is 47.8 Å². The van der Waals surface area contributed by atoms with Crippen molar-refractivity contribution in [1.29, 1.82) is 0 Å². The van der Waals surface area contributed by atoms with Crippen LogP contribution in [0.4, 0.5) is 10.5 Å². The number of urea groups is 1. The number of hydrogen-bond donors (Lipinski definition) is 3. The lowest BCUT2D eigenvalue weighted by atomic mass is 10.0. The van der Waals surface area contributed by atoms with Crippen LogP contribution in [0, 0.1) is 6.92 Å². The smallest absolute Gasteiger partial charge is 0.319 e. The predicted octanol–water partition coefficient (Wildman–Crippen LogP) is 1.43. The van der Waals surface area contributed by atoms with E-state index in [1.165, 1.54) is 22.0 Å². The molecule has 3 amide bonds. The average Bonchev–Trinajstić information content (AvgIpc) is 2.87. The van der Waals surface area contributed by atoms with Crippen LogP contribution in [0.15, 0.2) is 36.7 Å².